The Morgan fingerprint density at radius 3 is 2.40 bits per heavy atom. The van der Waals surface area contributed by atoms with Crippen molar-refractivity contribution in [2.45, 2.75) is 46.1 Å². The maximum Gasteiger partial charge on any atom is 0.270 e. The summed E-state index contributed by atoms with van der Waals surface area (Å²) in [5.41, 5.74) is 2.41. The molecule has 1 aromatic carbocycles. The highest BCUT2D eigenvalue weighted by molar-refractivity contribution is 5.92. The lowest BCUT2D eigenvalue weighted by Crippen LogP contribution is -2.48. The number of piperidine rings is 2. The topological polar surface area (TPSA) is 48.6 Å². The second kappa shape index (κ2) is 9.25. The van der Waals surface area contributed by atoms with Crippen LogP contribution in [0.5, 0.6) is 5.75 Å². The molecule has 0 atom stereocenters. The summed E-state index contributed by atoms with van der Waals surface area (Å²) in [6, 6.07) is 12.2. The highest BCUT2D eigenvalue weighted by Crippen LogP contribution is 2.42. The Kier molecular flexibility index (Phi) is 6.47. The molecule has 2 aliphatic rings. The van der Waals surface area contributed by atoms with Crippen LogP contribution < -0.4 is 4.74 Å². The summed E-state index contributed by atoms with van der Waals surface area (Å²) in [4.78, 5) is 20.2. The number of para-hydroxylation sites is 1. The first-order chi connectivity index (χ1) is 14.5. The molecule has 2 saturated heterocycles. The predicted octanol–water partition coefficient (Wildman–Crippen LogP) is 4.57. The van der Waals surface area contributed by atoms with E-state index in [0.29, 0.717) is 17.0 Å². The van der Waals surface area contributed by atoms with Crippen LogP contribution in [0.25, 0.3) is 0 Å². The number of carbonyl (C=O) groups is 1. The van der Waals surface area contributed by atoms with Gasteiger partial charge in [0.25, 0.3) is 5.91 Å². The van der Waals surface area contributed by atoms with Gasteiger partial charge in [0.1, 0.15) is 11.4 Å². The predicted molar refractivity (Wildman–Crippen MR) is 120 cm³/mol. The average Bonchev–Trinajstić information content (AvgIpc) is 3.30. The maximum absolute atomic E-state index is 12.6. The second-order valence-electron chi connectivity index (χ2n) is 9.46. The van der Waals surface area contributed by atoms with Crippen LogP contribution in [0.2, 0.25) is 0 Å². The van der Waals surface area contributed by atoms with Gasteiger partial charge in [-0.15, -0.1) is 0 Å². The van der Waals surface area contributed by atoms with Crippen molar-refractivity contribution in [2.75, 3.05) is 32.8 Å². The van der Waals surface area contributed by atoms with Gasteiger partial charge in [0.2, 0.25) is 0 Å². The first-order valence-corrected chi connectivity index (χ1v) is 11.4. The van der Waals surface area contributed by atoms with E-state index in [-0.39, 0.29) is 5.91 Å². The number of aromatic nitrogens is 1. The van der Waals surface area contributed by atoms with E-state index in [9.17, 15) is 4.79 Å². The Bertz CT molecular complexity index is 813. The van der Waals surface area contributed by atoms with E-state index in [1.165, 1.54) is 18.4 Å². The minimum Gasteiger partial charge on any atom is -0.493 e. The Hall–Kier alpha value is -2.27. The van der Waals surface area contributed by atoms with Crippen LogP contribution in [0.4, 0.5) is 0 Å². The zero-order valence-electron chi connectivity index (χ0n) is 18.4. The number of H-pyrrole nitrogens is 1. The summed E-state index contributed by atoms with van der Waals surface area (Å²) >= 11 is 0. The third-order valence-corrected chi connectivity index (χ3v) is 6.80. The molecule has 1 spiro atoms. The standard InChI is InChI=1S/C25H35N3O2/c1-20(2)19-30-23-8-4-3-6-21(23)18-27-14-9-25(10-15-27)11-16-28(17-12-25)24(29)22-7-5-13-26-22/h3-8,13,20,26H,9-12,14-19H2,1-2H3. The molecule has 5 heteroatoms. The molecule has 30 heavy (non-hydrogen) atoms. The van der Waals surface area contributed by atoms with Gasteiger partial charge in [-0.05, 0) is 68.3 Å². The van der Waals surface area contributed by atoms with E-state index in [0.717, 1.165) is 57.9 Å². The van der Waals surface area contributed by atoms with Crippen LogP contribution >= 0.6 is 0 Å². The van der Waals surface area contributed by atoms with Crippen molar-refractivity contribution in [3.05, 3.63) is 53.9 Å². The number of ether oxygens (including phenoxy) is 1. The van der Waals surface area contributed by atoms with Gasteiger partial charge < -0.3 is 14.6 Å². The number of likely N-dealkylation sites (tertiary alicyclic amines) is 2. The van der Waals surface area contributed by atoms with Gasteiger partial charge in [0.15, 0.2) is 0 Å². The maximum atomic E-state index is 12.6. The molecule has 162 valence electrons. The summed E-state index contributed by atoms with van der Waals surface area (Å²) in [5, 5.41) is 0. The van der Waals surface area contributed by atoms with Crippen molar-refractivity contribution < 1.29 is 9.53 Å². The SMILES string of the molecule is CC(C)COc1ccccc1CN1CCC2(CC1)CCN(C(=O)c1ccc[nH]1)CC2. The number of hydrogen-bond acceptors (Lipinski definition) is 3. The molecule has 0 bridgehead atoms. The number of nitrogens with zero attached hydrogens (tertiary/aromatic N) is 2. The van der Waals surface area contributed by atoms with E-state index >= 15 is 0 Å². The summed E-state index contributed by atoms with van der Waals surface area (Å²) in [7, 11) is 0. The van der Waals surface area contributed by atoms with Gasteiger partial charge in [-0.1, -0.05) is 32.0 Å². The van der Waals surface area contributed by atoms with E-state index < -0.39 is 0 Å². The van der Waals surface area contributed by atoms with Crippen molar-refractivity contribution in [1.82, 2.24) is 14.8 Å². The molecular formula is C25H35N3O2. The van der Waals surface area contributed by atoms with Crippen LogP contribution in [0.1, 0.15) is 55.6 Å². The van der Waals surface area contributed by atoms with Gasteiger partial charge >= 0.3 is 0 Å². The Balaban J connectivity index is 1.28. The third-order valence-electron chi connectivity index (χ3n) is 6.80. The lowest BCUT2D eigenvalue weighted by molar-refractivity contribution is 0.0281. The van der Waals surface area contributed by atoms with Crippen LogP contribution in [0.15, 0.2) is 42.6 Å². The molecule has 0 saturated carbocycles. The van der Waals surface area contributed by atoms with Gasteiger partial charge in [0.05, 0.1) is 6.61 Å². The molecule has 2 aromatic rings. The average molecular weight is 410 g/mol. The summed E-state index contributed by atoms with van der Waals surface area (Å²) in [6.45, 7) is 10.1. The number of carbonyl (C=O) groups excluding carboxylic acids is 1. The number of rotatable bonds is 6. The third kappa shape index (κ3) is 4.89. The molecule has 2 aliphatic heterocycles. The monoisotopic (exact) mass is 409 g/mol. The molecule has 0 radical (unpaired) electrons. The minimum atomic E-state index is 0.144. The first kappa shape index (κ1) is 21.0. The zero-order valence-corrected chi connectivity index (χ0v) is 18.4. The van der Waals surface area contributed by atoms with E-state index in [1.54, 1.807) is 0 Å². The lowest BCUT2D eigenvalue weighted by atomic mass is 9.71. The van der Waals surface area contributed by atoms with Crippen molar-refractivity contribution in [1.29, 1.82) is 0 Å². The van der Waals surface area contributed by atoms with Gasteiger partial charge in [-0.25, -0.2) is 0 Å². The number of amides is 1. The van der Waals surface area contributed by atoms with Crippen LogP contribution in [0.3, 0.4) is 0 Å². The van der Waals surface area contributed by atoms with E-state index in [2.05, 4.69) is 48.0 Å². The zero-order chi connectivity index (χ0) is 21.0. The first-order valence-electron chi connectivity index (χ1n) is 11.4. The highest BCUT2D eigenvalue weighted by Gasteiger charge is 2.38. The van der Waals surface area contributed by atoms with Gasteiger partial charge in [0, 0.05) is 31.4 Å². The molecule has 3 heterocycles. The van der Waals surface area contributed by atoms with Crippen LogP contribution in [-0.4, -0.2) is 53.5 Å². The molecule has 4 rings (SSSR count). The number of benzene rings is 1. The Morgan fingerprint density at radius 2 is 1.73 bits per heavy atom. The molecular weight excluding hydrogens is 374 g/mol. The second-order valence-corrected chi connectivity index (χ2v) is 9.46. The number of aromatic amines is 1. The lowest BCUT2D eigenvalue weighted by Gasteiger charge is -2.47. The van der Waals surface area contributed by atoms with Gasteiger partial charge in [-0.3, -0.25) is 9.69 Å². The van der Waals surface area contributed by atoms with Crippen LogP contribution in [0, 0.1) is 11.3 Å². The Morgan fingerprint density at radius 1 is 1.03 bits per heavy atom. The largest absolute Gasteiger partial charge is 0.493 e. The highest BCUT2D eigenvalue weighted by atomic mass is 16.5. The van der Waals surface area contributed by atoms with Crippen molar-refractivity contribution in [3.63, 3.8) is 0 Å². The quantitative estimate of drug-likeness (QED) is 0.760. The fourth-order valence-corrected chi connectivity index (χ4v) is 4.78. The van der Waals surface area contributed by atoms with E-state index in [1.807, 2.05) is 23.2 Å². The number of nitrogens with one attached hydrogen (secondary N) is 1. The minimum absolute atomic E-state index is 0.144. The molecule has 1 N–H and O–H groups in total. The summed E-state index contributed by atoms with van der Waals surface area (Å²) < 4.78 is 6.05. The van der Waals surface area contributed by atoms with Crippen LogP contribution in [-0.2, 0) is 6.54 Å². The Labute approximate surface area is 180 Å². The molecule has 1 amide bonds. The molecule has 1 aromatic heterocycles. The molecule has 5 nitrogen and oxygen atoms in total. The smallest absolute Gasteiger partial charge is 0.270 e. The van der Waals surface area contributed by atoms with E-state index in [4.69, 9.17) is 4.74 Å². The fourth-order valence-electron chi connectivity index (χ4n) is 4.78. The van der Waals surface area contributed by atoms with Crippen molar-refractivity contribution in [2.24, 2.45) is 11.3 Å². The summed E-state index contributed by atoms with van der Waals surface area (Å²) in [6.07, 6.45) is 6.53. The normalized spacial score (nSPS) is 19.4. The van der Waals surface area contributed by atoms with Gasteiger partial charge in [-0.2, -0.15) is 0 Å². The summed E-state index contributed by atoms with van der Waals surface area (Å²) in [5.74, 6) is 1.70. The van der Waals surface area contributed by atoms with Crippen molar-refractivity contribution >= 4 is 5.91 Å². The molecule has 2 fully saturated rings. The molecule has 0 aliphatic carbocycles. The number of hydrogen-bond donors (Lipinski definition) is 1. The molecule has 0 unspecified atom stereocenters. The fraction of sp³-hybridized carbons (Fsp3) is 0.560. The van der Waals surface area contributed by atoms with Crippen molar-refractivity contribution in [3.8, 4) is 5.75 Å².